The van der Waals surface area contributed by atoms with Gasteiger partial charge >= 0.3 is 0 Å². The molecule has 1 aromatic heterocycles. The van der Waals surface area contributed by atoms with Gasteiger partial charge in [0.2, 0.25) is 0 Å². The van der Waals surface area contributed by atoms with Gasteiger partial charge in [0.15, 0.2) is 5.78 Å². The average Bonchev–Trinajstić information content (AvgIpc) is 3.32. The molecular weight excluding hydrogens is 513 g/mol. The van der Waals surface area contributed by atoms with E-state index in [4.69, 9.17) is 16.0 Å². The van der Waals surface area contributed by atoms with Crippen LogP contribution in [-0.2, 0) is 5.41 Å². The van der Waals surface area contributed by atoms with E-state index in [2.05, 4.69) is 5.32 Å². The minimum atomic E-state index is -0.376. The van der Waals surface area contributed by atoms with E-state index in [0.29, 0.717) is 44.9 Å². The average molecular weight is 540 g/mol. The van der Waals surface area contributed by atoms with Crippen molar-refractivity contribution in [2.45, 2.75) is 25.7 Å². The number of amides is 1. The highest BCUT2D eigenvalue weighted by Crippen LogP contribution is 2.37. The molecule has 5 aromatic rings. The Hall–Kier alpha value is -4.22. The number of carbonyl (C=O) groups is 2. The van der Waals surface area contributed by atoms with Gasteiger partial charge in [-0.05, 0) is 70.6 Å². The molecule has 1 heterocycles. The summed E-state index contributed by atoms with van der Waals surface area (Å²) in [5, 5.41) is 3.67. The Morgan fingerprint density at radius 3 is 2.21 bits per heavy atom. The Labute approximate surface area is 231 Å². The van der Waals surface area contributed by atoms with E-state index in [9.17, 15) is 14.0 Å². The summed E-state index contributed by atoms with van der Waals surface area (Å²) in [5.74, 6) is -0.388. The molecule has 0 atom stereocenters. The van der Waals surface area contributed by atoms with Crippen molar-refractivity contribution in [3.05, 3.63) is 119 Å². The molecule has 0 radical (unpaired) electrons. The molecule has 0 spiro atoms. The highest BCUT2D eigenvalue weighted by Gasteiger charge is 2.26. The molecule has 0 aliphatic heterocycles. The molecular formula is C33H27ClFNO3. The van der Waals surface area contributed by atoms with Crippen LogP contribution in [0.1, 0.15) is 46.5 Å². The van der Waals surface area contributed by atoms with E-state index >= 15 is 0 Å². The van der Waals surface area contributed by atoms with E-state index in [0.717, 1.165) is 16.7 Å². The molecule has 0 saturated heterocycles. The van der Waals surface area contributed by atoms with Gasteiger partial charge in [-0.15, -0.1) is 0 Å². The molecule has 0 fully saturated rings. The Balaban J connectivity index is 1.55. The van der Waals surface area contributed by atoms with Gasteiger partial charge < -0.3 is 9.73 Å². The summed E-state index contributed by atoms with van der Waals surface area (Å²) in [7, 11) is 1.55. The summed E-state index contributed by atoms with van der Waals surface area (Å²) < 4.78 is 19.6. The fraction of sp³-hybridized carbons (Fsp3) is 0.152. The summed E-state index contributed by atoms with van der Waals surface area (Å²) in [5.41, 5.74) is 4.21. The van der Waals surface area contributed by atoms with Crippen molar-refractivity contribution in [3.8, 4) is 22.5 Å². The number of hydrogen-bond acceptors (Lipinski definition) is 3. The van der Waals surface area contributed by atoms with Crippen LogP contribution in [0.2, 0.25) is 5.02 Å². The molecule has 1 amide bonds. The van der Waals surface area contributed by atoms with Gasteiger partial charge in [0, 0.05) is 30.0 Å². The third-order valence-electron chi connectivity index (χ3n) is 7.01. The number of Topliss-reactive ketones (excluding diaryl/α,β-unsaturated/α-hetero) is 1. The lowest BCUT2D eigenvalue weighted by molar-refractivity contribution is 0.0952. The van der Waals surface area contributed by atoms with E-state index in [1.165, 1.54) is 12.1 Å². The van der Waals surface area contributed by atoms with Crippen LogP contribution in [0.4, 0.5) is 4.39 Å². The number of benzene rings is 4. The van der Waals surface area contributed by atoms with E-state index in [-0.39, 0.29) is 22.9 Å². The van der Waals surface area contributed by atoms with Gasteiger partial charge in [-0.1, -0.05) is 67.9 Å². The maximum Gasteiger partial charge on any atom is 0.255 e. The fourth-order valence-corrected chi connectivity index (χ4v) is 5.06. The smallest absolute Gasteiger partial charge is 0.255 e. The molecule has 39 heavy (non-hydrogen) atoms. The van der Waals surface area contributed by atoms with Crippen LogP contribution in [-0.4, -0.2) is 18.7 Å². The number of nitrogens with one attached hydrogen (secondary N) is 1. The van der Waals surface area contributed by atoms with Crippen molar-refractivity contribution in [2.75, 3.05) is 7.05 Å². The highest BCUT2D eigenvalue weighted by atomic mass is 35.5. The minimum Gasteiger partial charge on any atom is -0.455 e. The Morgan fingerprint density at radius 1 is 0.872 bits per heavy atom. The van der Waals surface area contributed by atoms with E-state index in [1.54, 1.807) is 37.4 Å². The zero-order valence-corrected chi connectivity index (χ0v) is 22.6. The van der Waals surface area contributed by atoms with Crippen molar-refractivity contribution in [3.63, 3.8) is 0 Å². The van der Waals surface area contributed by atoms with Crippen molar-refractivity contribution in [2.24, 2.45) is 0 Å². The molecule has 196 valence electrons. The van der Waals surface area contributed by atoms with Crippen LogP contribution in [0.25, 0.3) is 33.4 Å². The molecule has 0 aliphatic carbocycles. The molecule has 0 bridgehead atoms. The number of fused-ring (bicyclic) bond motifs is 1. The van der Waals surface area contributed by atoms with Crippen molar-refractivity contribution in [1.82, 2.24) is 5.32 Å². The zero-order valence-electron chi connectivity index (χ0n) is 21.8. The molecule has 4 aromatic carbocycles. The molecule has 1 N–H and O–H groups in total. The summed E-state index contributed by atoms with van der Waals surface area (Å²) in [6, 6.07) is 26.6. The van der Waals surface area contributed by atoms with Gasteiger partial charge in [0.25, 0.3) is 5.91 Å². The van der Waals surface area contributed by atoms with Crippen molar-refractivity contribution < 1.29 is 18.4 Å². The van der Waals surface area contributed by atoms with Crippen LogP contribution in [0.5, 0.6) is 0 Å². The SMILES string of the molecule is CNC(=O)c1c(-c2ccc(F)cc2)oc2ccc(-c3ccc(Cl)c(C(=O)CC(C)(C)c4ccccc4)c3)cc12. The lowest BCUT2D eigenvalue weighted by Crippen LogP contribution is -2.22. The zero-order chi connectivity index (χ0) is 27.7. The summed E-state index contributed by atoms with van der Waals surface area (Å²) in [6.45, 7) is 4.09. The first-order chi connectivity index (χ1) is 18.7. The maximum absolute atomic E-state index is 13.5. The van der Waals surface area contributed by atoms with Crippen molar-refractivity contribution in [1.29, 1.82) is 0 Å². The topological polar surface area (TPSA) is 59.3 Å². The van der Waals surface area contributed by atoms with Gasteiger partial charge in [0.1, 0.15) is 17.2 Å². The second-order valence-electron chi connectivity index (χ2n) is 10.1. The summed E-state index contributed by atoms with van der Waals surface area (Å²) in [6.07, 6.45) is 0.294. The number of rotatable bonds is 7. The number of halogens is 2. The number of ketones is 1. The first kappa shape index (κ1) is 26.4. The predicted octanol–water partition coefficient (Wildman–Crippen LogP) is 8.47. The minimum absolute atomic E-state index is 0.0512. The fourth-order valence-electron chi connectivity index (χ4n) is 4.84. The molecule has 5 rings (SSSR count). The van der Waals surface area contributed by atoms with Crippen LogP contribution >= 0.6 is 11.6 Å². The predicted molar refractivity (Wildman–Crippen MR) is 154 cm³/mol. The summed E-state index contributed by atoms with van der Waals surface area (Å²) in [4.78, 5) is 26.4. The largest absolute Gasteiger partial charge is 0.455 e. The Bertz CT molecular complexity index is 1690. The van der Waals surface area contributed by atoms with Gasteiger partial charge in [-0.2, -0.15) is 0 Å². The van der Waals surface area contributed by atoms with Crippen LogP contribution < -0.4 is 5.32 Å². The van der Waals surface area contributed by atoms with Gasteiger partial charge in [0.05, 0.1) is 10.6 Å². The van der Waals surface area contributed by atoms with Gasteiger partial charge in [-0.25, -0.2) is 4.39 Å². The highest BCUT2D eigenvalue weighted by molar-refractivity contribution is 6.34. The summed E-state index contributed by atoms with van der Waals surface area (Å²) >= 11 is 6.50. The molecule has 6 heteroatoms. The first-order valence-corrected chi connectivity index (χ1v) is 13.0. The Morgan fingerprint density at radius 2 is 1.51 bits per heavy atom. The normalized spacial score (nSPS) is 11.5. The molecule has 0 aliphatic rings. The molecule has 0 unspecified atom stereocenters. The lowest BCUT2D eigenvalue weighted by Gasteiger charge is -2.24. The number of carbonyl (C=O) groups excluding carboxylic acids is 2. The van der Waals surface area contributed by atoms with E-state index < -0.39 is 0 Å². The standard InChI is InChI=1S/C33H27ClFNO3/c1-33(2,23-7-5-4-6-8-23)19-28(37)25-17-21(11-15-27(25)34)22-12-16-29-26(18-22)30(32(38)36-3)31(39-29)20-9-13-24(35)14-10-20/h4-18H,19H2,1-3H3,(H,36,38). The van der Waals surface area contributed by atoms with E-state index in [1.807, 2.05) is 62.4 Å². The molecule has 4 nitrogen and oxygen atoms in total. The van der Waals surface area contributed by atoms with Gasteiger partial charge in [-0.3, -0.25) is 9.59 Å². The maximum atomic E-state index is 13.5. The monoisotopic (exact) mass is 539 g/mol. The number of hydrogen-bond donors (Lipinski definition) is 1. The van der Waals surface area contributed by atoms with Crippen LogP contribution in [0.3, 0.4) is 0 Å². The Kier molecular flexibility index (Phi) is 7.11. The lowest BCUT2D eigenvalue weighted by atomic mass is 9.79. The third kappa shape index (κ3) is 5.23. The van der Waals surface area contributed by atoms with Crippen molar-refractivity contribution >= 4 is 34.3 Å². The second-order valence-corrected chi connectivity index (χ2v) is 10.6. The molecule has 0 saturated carbocycles. The van der Waals surface area contributed by atoms with Crippen LogP contribution in [0.15, 0.2) is 95.4 Å². The van der Waals surface area contributed by atoms with Crippen LogP contribution in [0, 0.1) is 5.82 Å². The number of furan rings is 1. The third-order valence-corrected chi connectivity index (χ3v) is 7.34. The first-order valence-electron chi connectivity index (χ1n) is 12.6. The second kappa shape index (κ2) is 10.5. The quantitative estimate of drug-likeness (QED) is 0.211.